The van der Waals surface area contributed by atoms with Gasteiger partial charge in [-0.25, -0.2) is 9.59 Å². The van der Waals surface area contributed by atoms with Crippen molar-refractivity contribution in [3.05, 3.63) is 74.6 Å². The normalized spacial score (nSPS) is 10.5. The minimum absolute atomic E-state index is 0.0980. The number of nitrogens with one attached hydrogen (secondary N) is 1. The van der Waals surface area contributed by atoms with Gasteiger partial charge in [-0.2, -0.15) is 0 Å². The molecule has 1 amide bonds. The quantitative estimate of drug-likeness (QED) is 0.134. The third-order valence-corrected chi connectivity index (χ3v) is 4.40. The Balaban J connectivity index is 1.64. The van der Waals surface area contributed by atoms with Crippen molar-refractivity contribution in [3.8, 4) is 11.5 Å². The number of rotatable bonds is 9. The highest BCUT2D eigenvalue weighted by atomic mass is 16.6. The molecule has 10 heteroatoms. The zero-order chi connectivity index (χ0) is 23.1. The van der Waals surface area contributed by atoms with Gasteiger partial charge in [0, 0.05) is 30.1 Å². The minimum Gasteiger partial charge on any atom is -0.482 e. The lowest BCUT2D eigenvalue weighted by molar-refractivity contribution is -0.384. The number of esters is 1. The lowest BCUT2D eigenvalue weighted by atomic mass is 10.1. The number of nitrogens with zero attached hydrogens (tertiary/aromatic N) is 1. The van der Waals surface area contributed by atoms with Crippen LogP contribution in [0.1, 0.15) is 30.1 Å². The van der Waals surface area contributed by atoms with Gasteiger partial charge in [-0.15, -0.1) is 0 Å². The molecule has 1 N–H and O–H groups in total. The van der Waals surface area contributed by atoms with Crippen LogP contribution in [0.25, 0.3) is 11.0 Å². The SMILES string of the molecule is CCCCNC(=O)c1cc2ccc(OC(=O)COc3ccc([N+](=O)[O-])cc3)cc2oc1=O. The monoisotopic (exact) mass is 440 g/mol. The van der Waals surface area contributed by atoms with Crippen molar-refractivity contribution in [2.24, 2.45) is 0 Å². The molecular formula is C22H20N2O8. The number of ether oxygens (including phenoxy) is 2. The first kappa shape index (κ1) is 22.5. The third-order valence-electron chi connectivity index (χ3n) is 4.40. The van der Waals surface area contributed by atoms with Crippen LogP contribution in [0.15, 0.2) is 57.7 Å². The van der Waals surface area contributed by atoms with E-state index in [0.29, 0.717) is 11.9 Å². The minimum atomic E-state index is -0.795. The largest absolute Gasteiger partial charge is 0.482 e. The van der Waals surface area contributed by atoms with Gasteiger partial charge in [0.1, 0.15) is 22.6 Å². The molecule has 0 aliphatic carbocycles. The Morgan fingerprint density at radius 2 is 1.81 bits per heavy atom. The molecule has 0 radical (unpaired) electrons. The summed E-state index contributed by atoms with van der Waals surface area (Å²) >= 11 is 0. The van der Waals surface area contributed by atoms with Crippen LogP contribution in [-0.4, -0.2) is 30.0 Å². The second-order valence-corrected chi connectivity index (χ2v) is 6.77. The summed E-state index contributed by atoms with van der Waals surface area (Å²) in [6, 6.07) is 11.1. The smallest absolute Gasteiger partial charge is 0.349 e. The Morgan fingerprint density at radius 1 is 1.09 bits per heavy atom. The number of nitro benzene ring substituents is 1. The van der Waals surface area contributed by atoms with Crippen molar-refractivity contribution in [2.45, 2.75) is 19.8 Å². The van der Waals surface area contributed by atoms with Gasteiger partial charge in [-0.3, -0.25) is 14.9 Å². The van der Waals surface area contributed by atoms with Crippen molar-refractivity contribution in [1.82, 2.24) is 5.32 Å². The molecule has 1 heterocycles. The Bertz CT molecular complexity index is 1200. The van der Waals surface area contributed by atoms with Gasteiger partial charge in [-0.05, 0) is 36.8 Å². The van der Waals surface area contributed by atoms with Crippen LogP contribution in [0.5, 0.6) is 11.5 Å². The summed E-state index contributed by atoms with van der Waals surface area (Å²) in [7, 11) is 0. The zero-order valence-electron chi connectivity index (χ0n) is 17.2. The number of hydrogen-bond donors (Lipinski definition) is 1. The van der Waals surface area contributed by atoms with E-state index in [1.165, 1.54) is 42.5 Å². The van der Waals surface area contributed by atoms with E-state index in [0.717, 1.165) is 12.8 Å². The highest BCUT2D eigenvalue weighted by Crippen LogP contribution is 2.21. The average molecular weight is 440 g/mol. The Kier molecular flexibility index (Phi) is 7.17. The lowest BCUT2D eigenvalue weighted by Gasteiger charge is -2.08. The maximum Gasteiger partial charge on any atom is 0.349 e. The fourth-order valence-electron chi connectivity index (χ4n) is 2.75. The number of amides is 1. The highest BCUT2D eigenvalue weighted by molar-refractivity contribution is 5.96. The summed E-state index contributed by atoms with van der Waals surface area (Å²) in [5.74, 6) is -0.843. The standard InChI is InChI=1S/C22H20N2O8/c1-2-3-10-23-21(26)18-11-14-4-7-17(12-19(14)32-22(18)27)31-20(25)13-30-16-8-5-15(6-9-16)24(28)29/h4-9,11-12H,2-3,10,13H2,1H3,(H,23,26). The van der Waals surface area contributed by atoms with E-state index in [1.54, 1.807) is 6.07 Å². The van der Waals surface area contributed by atoms with Crippen molar-refractivity contribution in [1.29, 1.82) is 0 Å². The van der Waals surface area contributed by atoms with Gasteiger partial charge in [0.05, 0.1) is 4.92 Å². The van der Waals surface area contributed by atoms with Crippen molar-refractivity contribution in [2.75, 3.05) is 13.2 Å². The van der Waals surface area contributed by atoms with Crippen molar-refractivity contribution < 1.29 is 28.4 Å². The molecule has 3 aromatic rings. The van der Waals surface area contributed by atoms with Crippen LogP contribution >= 0.6 is 0 Å². The fourth-order valence-corrected chi connectivity index (χ4v) is 2.75. The van der Waals surface area contributed by atoms with Crippen molar-refractivity contribution in [3.63, 3.8) is 0 Å². The molecule has 10 nitrogen and oxygen atoms in total. The molecule has 0 aliphatic heterocycles. The van der Waals surface area contributed by atoms with Crippen LogP contribution in [0.3, 0.4) is 0 Å². The van der Waals surface area contributed by atoms with Gasteiger partial charge in [0.2, 0.25) is 0 Å². The second kappa shape index (κ2) is 10.2. The summed E-state index contributed by atoms with van der Waals surface area (Å²) in [6.07, 6.45) is 1.71. The number of hydrogen-bond acceptors (Lipinski definition) is 8. The summed E-state index contributed by atoms with van der Waals surface area (Å²) in [5, 5.41) is 13.8. The van der Waals surface area contributed by atoms with Crippen LogP contribution < -0.4 is 20.4 Å². The highest BCUT2D eigenvalue weighted by Gasteiger charge is 2.15. The molecule has 0 bridgehead atoms. The molecule has 32 heavy (non-hydrogen) atoms. The molecule has 0 atom stereocenters. The number of carbonyl (C=O) groups excluding carboxylic acids is 2. The summed E-state index contributed by atoms with van der Waals surface area (Å²) in [5.41, 5.74) is -0.841. The van der Waals surface area contributed by atoms with Gasteiger partial charge < -0.3 is 19.2 Å². The van der Waals surface area contributed by atoms with Gasteiger partial charge in [0.25, 0.3) is 11.6 Å². The predicted molar refractivity (Wildman–Crippen MR) is 114 cm³/mol. The molecule has 2 aromatic carbocycles. The molecule has 0 spiro atoms. The van der Waals surface area contributed by atoms with Crippen molar-refractivity contribution >= 4 is 28.5 Å². The van der Waals surface area contributed by atoms with E-state index in [2.05, 4.69) is 5.32 Å². The van der Waals surface area contributed by atoms with E-state index in [4.69, 9.17) is 13.9 Å². The molecule has 0 saturated carbocycles. The first-order valence-corrected chi connectivity index (χ1v) is 9.81. The molecule has 0 unspecified atom stereocenters. The first-order chi connectivity index (χ1) is 15.4. The summed E-state index contributed by atoms with van der Waals surface area (Å²) < 4.78 is 15.6. The lowest BCUT2D eigenvalue weighted by Crippen LogP contribution is -2.28. The average Bonchev–Trinajstić information content (AvgIpc) is 2.77. The summed E-state index contributed by atoms with van der Waals surface area (Å²) in [6.45, 7) is 2.02. The molecule has 3 rings (SSSR count). The third kappa shape index (κ3) is 5.69. The Hall–Kier alpha value is -4.21. The maximum atomic E-state index is 12.2. The predicted octanol–water partition coefficient (Wildman–Crippen LogP) is 3.22. The van der Waals surface area contributed by atoms with E-state index in [-0.39, 0.29) is 28.3 Å². The van der Waals surface area contributed by atoms with E-state index in [1.807, 2.05) is 6.92 Å². The zero-order valence-corrected chi connectivity index (χ0v) is 17.2. The summed E-state index contributed by atoms with van der Waals surface area (Å²) in [4.78, 5) is 46.5. The van der Waals surface area contributed by atoms with E-state index < -0.39 is 29.0 Å². The molecule has 0 fully saturated rings. The molecular weight excluding hydrogens is 420 g/mol. The first-order valence-electron chi connectivity index (χ1n) is 9.81. The fraction of sp³-hybridized carbons (Fsp3) is 0.227. The molecule has 166 valence electrons. The number of fused-ring (bicyclic) bond motifs is 1. The molecule has 0 aliphatic rings. The topological polar surface area (TPSA) is 138 Å². The number of nitro groups is 1. The van der Waals surface area contributed by atoms with Gasteiger partial charge in [0.15, 0.2) is 6.61 Å². The Morgan fingerprint density at radius 3 is 2.50 bits per heavy atom. The van der Waals surface area contributed by atoms with Crippen LogP contribution in [0, 0.1) is 10.1 Å². The van der Waals surface area contributed by atoms with Gasteiger partial charge >= 0.3 is 11.6 Å². The van der Waals surface area contributed by atoms with Crippen LogP contribution in [-0.2, 0) is 4.79 Å². The Labute approximate surface area is 181 Å². The van der Waals surface area contributed by atoms with E-state index in [9.17, 15) is 24.5 Å². The number of unbranched alkanes of at least 4 members (excludes halogenated alkanes) is 1. The maximum absolute atomic E-state index is 12.2. The van der Waals surface area contributed by atoms with E-state index >= 15 is 0 Å². The van der Waals surface area contributed by atoms with Crippen LogP contribution in [0.2, 0.25) is 0 Å². The number of non-ortho nitro benzene ring substituents is 1. The second-order valence-electron chi connectivity index (χ2n) is 6.77. The molecule has 0 saturated heterocycles. The van der Waals surface area contributed by atoms with Crippen LogP contribution in [0.4, 0.5) is 5.69 Å². The number of carbonyl (C=O) groups is 2. The van der Waals surface area contributed by atoms with Gasteiger partial charge in [-0.1, -0.05) is 13.3 Å². The number of benzene rings is 2. The molecule has 1 aromatic heterocycles.